The molecule has 0 radical (unpaired) electrons. The van der Waals surface area contributed by atoms with Crippen molar-refractivity contribution in [2.75, 3.05) is 62.2 Å². The van der Waals surface area contributed by atoms with Crippen molar-refractivity contribution >= 4 is 23.5 Å². The summed E-state index contributed by atoms with van der Waals surface area (Å²) in [6.45, 7) is 17.3. The van der Waals surface area contributed by atoms with E-state index >= 15 is 0 Å². The van der Waals surface area contributed by atoms with Crippen LogP contribution >= 0.6 is 0 Å². The Morgan fingerprint density at radius 1 is 0.571 bits per heavy atom. The molecule has 1 N–H and O–H groups in total. The molecule has 9 rings (SSSR count). The van der Waals surface area contributed by atoms with E-state index in [9.17, 15) is 14.7 Å². The maximum Gasteiger partial charge on any atom is 0.240 e. The molecule has 4 saturated heterocycles. The minimum Gasteiger partial charge on any atom is -0.506 e. The third-order valence-electron chi connectivity index (χ3n) is 13.0. The fourth-order valence-corrected chi connectivity index (χ4v) is 9.44. The van der Waals surface area contributed by atoms with E-state index in [0.29, 0.717) is 19.7 Å². The lowest BCUT2D eigenvalue weighted by atomic mass is 10.1. The first-order chi connectivity index (χ1) is 30.6. The molecule has 12 heteroatoms. The zero-order chi connectivity index (χ0) is 43.9. The van der Waals surface area contributed by atoms with Crippen molar-refractivity contribution in [1.29, 1.82) is 0 Å². The fraction of sp³-hybridized carbons (Fsp3) is 0.412. The van der Waals surface area contributed by atoms with Gasteiger partial charge in [-0.2, -0.15) is 0 Å². The summed E-state index contributed by atoms with van der Waals surface area (Å²) in [5.74, 6) is 3.31. The minimum atomic E-state index is -0.0182. The lowest BCUT2D eigenvalue weighted by Crippen LogP contribution is -2.57. The smallest absolute Gasteiger partial charge is 0.240 e. The normalized spacial score (nSPS) is 22.0. The van der Waals surface area contributed by atoms with E-state index in [1.54, 1.807) is 12.3 Å². The maximum atomic E-state index is 13.2. The number of piperazine rings is 2. The molecule has 3 aromatic carbocycles. The maximum absolute atomic E-state index is 13.2. The molecule has 63 heavy (non-hydrogen) atoms. The topological polar surface area (TPSA) is 109 Å². The Morgan fingerprint density at radius 3 is 1.51 bits per heavy atom. The van der Waals surface area contributed by atoms with Gasteiger partial charge in [0.15, 0.2) is 0 Å². The highest BCUT2D eigenvalue weighted by Gasteiger charge is 2.41. The van der Waals surface area contributed by atoms with Crippen molar-refractivity contribution < 1.29 is 19.4 Å². The number of aryl methyl sites for hydroxylation is 2. The van der Waals surface area contributed by atoms with Gasteiger partial charge in [0, 0.05) is 77.5 Å². The van der Waals surface area contributed by atoms with Crippen molar-refractivity contribution in [2.24, 2.45) is 0 Å². The first-order valence-electron chi connectivity index (χ1n) is 22.6. The number of rotatable bonds is 11. The Hall–Kier alpha value is -5.98. The summed E-state index contributed by atoms with van der Waals surface area (Å²) < 4.78 is 5.88. The molecule has 0 spiro atoms. The summed E-state index contributed by atoms with van der Waals surface area (Å²) in [5.41, 5.74) is 6.01. The molecule has 4 aliphatic heterocycles. The number of amides is 2. The van der Waals surface area contributed by atoms with Crippen LogP contribution in [0.25, 0.3) is 0 Å². The Labute approximate surface area is 372 Å². The van der Waals surface area contributed by atoms with Crippen LogP contribution in [0.2, 0.25) is 0 Å². The average Bonchev–Trinajstić information content (AvgIpc) is 3.85. The van der Waals surface area contributed by atoms with Crippen molar-refractivity contribution in [2.45, 2.75) is 84.4 Å². The Bertz CT molecular complexity index is 2260. The van der Waals surface area contributed by atoms with E-state index in [1.807, 2.05) is 46.2 Å². The van der Waals surface area contributed by atoms with Crippen molar-refractivity contribution in [3.8, 4) is 11.5 Å². The largest absolute Gasteiger partial charge is 0.506 e. The van der Waals surface area contributed by atoms with Crippen LogP contribution in [-0.4, -0.2) is 123 Å². The van der Waals surface area contributed by atoms with Gasteiger partial charge in [0.05, 0.1) is 24.5 Å². The molecule has 4 unspecified atom stereocenters. The quantitative estimate of drug-likeness (QED) is 0.155. The monoisotopic (exact) mass is 850 g/mol. The van der Waals surface area contributed by atoms with Gasteiger partial charge < -0.3 is 29.4 Å². The number of aromatic hydroxyl groups is 1. The number of pyridine rings is 2. The zero-order valence-electron chi connectivity index (χ0n) is 37.2. The number of hydrogen-bond acceptors (Lipinski definition) is 10. The van der Waals surface area contributed by atoms with Crippen molar-refractivity contribution in [1.82, 2.24) is 29.6 Å². The highest BCUT2D eigenvalue weighted by atomic mass is 16.5. The molecule has 6 heterocycles. The molecule has 4 aliphatic rings. The van der Waals surface area contributed by atoms with Gasteiger partial charge in [0.1, 0.15) is 29.7 Å². The lowest BCUT2D eigenvalue weighted by Gasteiger charge is -2.42. The second kappa shape index (κ2) is 20.0. The summed E-state index contributed by atoms with van der Waals surface area (Å²) in [7, 11) is 0. The molecule has 5 aromatic rings. The summed E-state index contributed by atoms with van der Waals surface area (Å²) in [5, 5.41) is 9.43. The van der Waals surface area contributed by atoms with Gasteiger partial charge in [0.2, 0.25) is 11.8 Å². The Kier molecular flexibility index (Phi) is 13.9. The van der Waals surface area contributed by atoms with Gasteiger partial charge in [-0.05, 0) is 81.5 Å². The van der Waals surface area contributed by atoms with Crippen LogP contribution < -0.4 is 14.5 Å². The molecule has 2 amide bonds. The van der Waals surface area contributed by atoms with Gasteiger partial charge in [-0.15, -0.1) is 0 Å². The Morgan fingerprint density at radius 2 is 1.06 bits per heavy atom. The van der Waals surface area contributed by atoms with Crippen LogP contribution in [0.4, 0.5) is 11.6 Å². The second-order valence-electron chi connectivity index (χ2n) is 17.7. The third-order valence-corrected chi connectivity index (χ3v) is 13.0. The number of likely N-dealkylation sites (tertiary alicyclic amines) is 2. The van der Waals surface area contributed by atoms with E-state index in [2.05, 4.69) is 118 Å². The van der Waals surface area contributed by atoms with E-state index in [1.165, 1.54) is 28.5 Å². The third kappa shape index (κ3) is 10.8. The van der Waals surface area contributed by atoms with E-state index in [0.717, 1.165) is 88.1 Å². The number of aromatic nitrogens is 2. The van der Waals surface area contributed by atoms with Crippen LogP contribution in [0, 0.1) is 13.8 Å². The van der Waals surface area contributed by atoms with Crippen LogP contribution in [0.15, 0.2) is 116 Å². The number of nitrogens with zero attached hydrogens (tertiary/aromatic N) is 8. The first kappa shape index (κ1) is 43.7. The SMILES string of the molecule is Cc1ccc(CN2CCC(N3CCN(c4ccc(O)cn4)CC3C)C2=O)cc1.Cc1ccc(CN2CCC(N3CCN(c4ccc(OCc5ccccc5)cn4)CC3C)C2=O)cc1. The first-order valence-corrected chi connectivity index (χ1v) is 22.6. The van der Waals surface area contributed by atoms with Gasteiger partial charge in [-0.25, -0.2) is 9.97 Å². The molecule has 12 nitrogen and oxygen atoms in total. The number of benzene rings is 3. The van der Waals surface area contributed by atoms with E-state index in [4.69, 9.17) is 4.74 Å². The minimum absolute atomic E-state index is 0.0145. The second-order valence-corrected chi connectivity index (χ2v) is 17.7. The average molecular weight is 851 g/mol. The summed E-state index contributed by atoms with van der Waals surface area (Å²) >= 11 is 0. The number of carbonyl (C=O) groups is 2. The molecule has 4 atom stereocenters. The molecule has 2 aromatic heterocycles. The van der Waals surface area contributed by atoms with E-state index < -0.39 is 0 Å². The van der Waals surface area contributed by atoms with Crippen LogP contribution in [0.3, 0.4) is 0 Å². The van der Waals surface area contributed by atoms with Gasteiger partial charge in [-0.1, -0.05) is 90.0 Å². The van der Waals surface area contributed by atoms with Gasteiger partial charge in [0.25, 0.3) is 0 Å². The number of carbonyl (C=O) groups excluding carboxylic acids is 2. The fourth-order valence-electron chi connectivity index (χ4n) is 9.44. The molecule has 0 saturated carbocycles. The van der Waals surface area contributed by atoms with Gasteiger partial charge in [-0.3, -0.25) is 19.4 Å². The standard InChI is InChI=1S/C29H34N4O2.C22H28N4O2/c1-22-8-10-24(11-9-22)20-32-15-14-27(29(32)34)33-17-16-31(19-23(33)2)28-13-12-26(18-30-28)35-21-25-6-4-3-5-7-25;1-16-3-5-18(6-4-16)15-25-10-9-20(22(25)28)26-12-11-24(14-17(26)2)21-8-7-19(27)13-23-21/h3-13,18,23,27H,14-17,19-21H2,1-2H3;3-8,13,17,20,27H,9-12,14-15H2,1-2H3. The van der Waals surface area contributed by atoms with Gasteiger partial charge >= 0.3 is 0 Å². The van der Waals surface area contributed by atoms with E-state index in [-0.39, 0.29) is 41.7 Å². The molecular formula is C51H62N8O4. The predicted molar refractivity (Wildman–Crippen MR) is 248 cm³/mol. The summed E-state index contributed by atoms with van der Waals surface area (Å²) in [6.07, 6.45) is 5.09. The highest BCUT2D eigenvalue weighted by Crippen LogP contribution is 2.28. The predicted octanol–water partition coefficient (Wildman–Crippen LogP) is 6.69. The number of ether oxygens (including phenoxy) is 1. The molecule has 0 bridgehead atoms. The number of anilines is 2. The summed E-state index contributed by atoms with van der Waals surface area (Å²) in [4.78, 5) is 48.5. The molecule has 0 aliphatic carbocycles. The highest BCUT2D eigenvalue weighted by molar-refractivity contribution is 5.84. The van der Waals surface area contributed by atoms with Crippen molar-refractivity contribution in [3.05, 3.63) is 143 Å². The van der Waals surface area contributed by atoms with Crippen LogP contribution in [-0.2, 0) is 29.3 Å². The van der Waals surface area contributed by atoms with Crippen LogP contribution in [0.1, 0.15) is 54.5 Å². The number of hydrogen-bond donors (Lipinski definition) is 1. The Balaban J connectivity index is 0.000000177. The van der Waals surface area contributed by atoms with Crippen LogP contribution in [0.5, 0.6) is 11.5 Å². The van der Waals surface area contributed by atoms with Crippen molar-refractivity contribution in [3.63, 3.8) is 0 Å². The molecular weight excluding hydrogens is 789 g/mol. The summed E-state index contributed by atoms with van der Waals surface area (Å²) in [6, 6.07) is 35.1. The molecule has 4 fully saturated rings. The molecule has 330 valence electrons. The zero-order valence-corrected chi connectivity index (χ0v) is 37.2. The lowest BCUT2D eigenvalue weighted by molar-refractivity contribution is -0.134.